The number of carbonyl (C=O) groups is 3. The van der Waals surface area contributed by atoms with Gasteiger partial charge < -0.3 is 19.7 Å². The van der Waals surface area contributed by atoms with Crippen molar-refractivity contribution in [3.05, 3.63) is 83.9 Å². The van der Waals surface area contributed by atoms with E-state index in [4.69, 9.17) is 14.6 Å². The molecule has 0 saturated carbocycles. The van der Waals surface area contributed by atoms with Crippen molar-refractivity contribution in [2.75, 3.05) is 12.4 Å². The molecule has 0 spiro atoms. The van der Waals surface area contributed by atoms with E-state index in [1.807, 2.05) is 0 Å². The number of carboxylic acid groups (broad SMARTS) is 1. The highest BCUT2D eigenvalue weighted by molar-refractivity contribution is 5.95. The van der Waals surface area contributed by atoms with Crippen LogP contribution in [0.1, 0.15) is 28.9 Å². The van der Waals surface area contributed by atoms with Gasteiger partial charge in [-0.1, -0.05) is 30.3 Å². The van der Waals surface area contributed by atoms with Crippen molar-refractivity contribution >= 4 is 34.3 Å². The van der Waals surface area contributed by atoms with Crippen molar-refractivity contribution in [1.82, 2.24) is 0 Å². The third kappa shape index (κ3) is 5.75. The van der Waals surface area contributed by atoms with Gasteiger partial charge in [0.2, 0.25) is 0 Å². The molecule has 0 aliphatic heterocycles. The SMILES string of the molecule is CO[C@@H](/C=C/C(=O)O)[C@@H](OC(=O)Nc1ccc(C(C)=O)cc1)c1ccc(O)c2ccccc12. The topological polar surface area (TPSA) is 122 Å². The number of Topliss-reactive ketones (excluding diaryl/α,β-unsaturated/α-hetero) is 1. The Balaban J connectivity index is 1.95. The summed E-state index contributed by atoms with van der Waals surface area (Å²) in [4.78, 5) is 35.2. The standard InChI is InChI=1S/C25H23NO7/c1-15(27)16-7-9-17(10-8-16)26-25(31)33-24(22(32-2)13-14-23(29)30)20-11-12-21(28)19-6-4-3-5-18(19)20/h3-14,22,24,28H,1-2H3,(H,26,31)(H,29,30)/b14-13+/t22-,24-/m0/s1. The van der Waals surface area contributed by atoms with Gasteiger partial charge in [0.1, 0.15) is 11.9 Å². The van der Waals surface area contributed by atoms with E-state index in [9.17, 15) is 19.5 Å². The van der Waals surface area contributed by atoms with Gasteiger partial charge in [0.15, 0.2) is 11.9 Å². The number of anilines is 1. The second kappa shape index (κ2) is 10.4. The van der Waals surface area contributed by atoms with Gasteiger partial charge in [0.25, 0.3) is 0 Å². The number of carbonyl (C=O) groups excluding carboxylic acids is 2. The summed E-state index contributed by atoms with van der Waals surface area (Å²) in [5.74, 6) is -1.23. The molecule has 3 aromatic carbocycles. The van der Waals surface area contributed by atoms with Crippen LogP contribution in [0.2, 0.25) is 0 Å². The van der Waals surface area contributed by atoms with Gasteiger partial charge in [0, 0.05) is 35.4 Å². The normalized spacial score (nSPS) is 12.9. The Morgan fingerprint density at radius 3 is 2.24 bits per heavy atom. The number of rotatable bonds is 8. The fourth-order valence-corrected chi connectivity index (χ4v) is 3.39. The van der Waals surface area contributed by atoms with Crippen LogP contribution in [0.5, 0.6) is 5.75 Å². The van der Waals surface area contributed by atoms with E-state index in [0.717, 1.165) is 6.08 Å². The van der Waals surface area contributed by atoms with Gasteiger partial charge in [-0.05, 0) is 48.7 Å². The number of benzene rings is 3. The largest absolute Gasteiger partial charge is 0.507 e. The van der Waals surface area contributed by atoms with Gasteiger partial charge in [-0.2, -0.15) is 0 Å². The molecule has 33 heavy (non-hydrogen) atoms. The quantitative estimate of drug-likeness (QED) is 0.337. The van der Waals surface area contributed by atoms with Crippen LogP contribution in [-0.4, -0.2) is 41.3 Å². The highest BCUT2D eigenvalue weighted by Gasteiger charge is 2.28. The first-order valence-electron chi connectivity index (χ1n) is 10.0. The average molecular weight is 449 g/mol. The third-order valence-electron chi connectivity index (χ3n) is 5.01. The van der Waals surface area contributed by atoms with E-state index in [2.05, 4.69) is 5.32 Å². The van der Waals surface area contributed by atoms with Gasteiger partial charge in [-0.15, -0.1) is 0 Å². The first-order chi connectivity index (χ1) is 15.8. The molecule has 0 saturated heterocycles. The molecule has 8 heteroatoms. The number of carboxylic acids is 1. The summed E-state index contributed by atoms with van der Waals surface area (Å²) in [7, 11) is 1.37. The lowest BCUT2D eigenvalue weighted by Gasteiger charge is -2.25. The number of methoxy groups -OCH3 is 1. The predicted octanol–water partition coefficient (Wildman–Crippen LogP) is 4.69. The monoisotopic (exact) mass is 449 g/mol. The molecule has 0 aliphatic carbocycles. The van der Waals surface area contributed by atoms with E-state index in [1.54, 1.807) is 54.6 Å². The van der Waals surface area contributed by atoms with Gasteiger partial charge >= 0.3 is 12.1 Å². The second-order valence-corrected chi connectivity index (χ2v) is 7.20. The lowest BCUT2D eigenvalue weighted by atomic mass is 9.96. The maximum absolute atomic E-state index is 12.7. The number of aromatic hydroxyl groups is 1. The molecular formula is C25H23NO7. The van der Waals surface area contributed by atoms with Gasteiger partial charge in [0.05, 0.1) is 0 Å². The number of aliphatic carboxylic acids is 1. The molecule has 0 heterocycles. The van der Waals surface area contributed by atoms with Crippen molar-refractivity contribution in [2.45, 2.75) is 19.1 Å². The van der Waals surface area contributed by atoms with Crippen LogP contribution in [0, 0.1) is 0 Å². The third-order valence-corrected chi connectivity index (χ3v) is 5.01. The lowest BCUT2D eigenvalue weighted by Crippen LogP contribution is -2.27. The highest BCUT2D eigenvalue weighted by Crippen LogP contribution is 2.35. The van der Waals surface area contributed by atoms with Crippen LogP contribution in [0.25, 0.3) is 10.8 Å². The predicted molar refractivity (Wildman–Crippen MR) is 122 cm³/mol. The number of amides is 1. The summed E-state index contributed by atoms with van der Waals surface area (Å²) < 4.78 is 11.1. The van der Waals surface area contributed by atoms with Crippen LogP contribution in [0.15, 0.2) is 72.8 Å². The smallest absolute Gasteiger partial charge is 0.412 e. The summed E-state index contributed by atoms with van der Waals surface area (Å²) in [6.45, 7) is 1.44. The molecule has 0 fully saturated rings. The fraction of sp³-hybridized carbons (Fsp3) is 0.160. The summed E-state index contributed by atoms with van der Waals surface area (Å²) >= 11 is 0. The molecule has 8 nitrogen and oxygen atoms in total. The summed E-state index contributed by atoms with van der Waals surface area (Å²) in [6, 6.07) is 16.4. The minimum Gasteiger partial charge on any atom is -0.507 e. The zero-order valence-corrected chi connectivity index (χ0v) is 18.0. The first-order valence-corrected chi connectivity index (χ1v) is 10.0. The van der Waals surface area contributed by atoms with E-state index >= 15 is 0 Å². The number of hydrogen-bond donors (Lipinski definition) is 3. The van der Waals surface area contributed by atoms with Crippen LogP contribution >= 0.6 is 0 Å². The lowest BCUT2D eigenvalue weighted by molar-refractivity contribution is -0.131. The minimum atomic E-state index is -1.18. The fourth-order valence-electron chi connectivity index (χ4n) is 3.39. The summed E-state index contributed by atoms with van der Waals surface area (Å²) in [5, 5.41) is 23.0. The Morgan fingerprint density at radius 2 is 1.64 bits per heavy atom. The Kier molecular flexibility index (Phi) is 7.42. The van der Waals surface area contributed by atoms with Crippen LogP contribution < -0.4 is 5.32 Å². The number of nitrogens with one attached hydrogen (secondary N) is 1. The van der Waals surface area contributed by atoms with E-state index < -0.39 is 24.3 Å². The maximum atomic E-state index is 12.7. The number of phenolic OH excluding ortho intramolecular Hbond substituents is 1. The summed E-state index contributed by atoms with van der Waals surface area (Å²) in [6.07, 6.45) is -0.583. The molecule has 3 rings (SSSR count). The van der Waals surface area contributed by atoms with Crippen molar-refractivity contribution in [3.8, 4) is 5.75 Å². The molecule has 0 bridgehead atoms. The zero-order chi connectivity index (χ0) is 24.0. The molecule has 170 valence electrons. The number of fused-ring (bicyclic) bond motifs is 1. The number of ether oxygens (including phenoxy) is 2. The van der Waals surface area contributed by atoms with Gasteiger partial charge in [-0.25, -0.2) is 9.59 Å². The molecule has 2 atom stereocenters. The number of phenols is 1. The van der Waals surface area contributed by atoms with E-state index in [1.165, 1.54) is 26.2 Å². The molecule has 0 radical (unpaired) electrons. The Morgan fingerprint density at radius 1 is 0.970 bits per heavy atom. The molecule has 0 aliphatic rings. The molecular weight excluding hydrogens is 426 g/mol. The van der Waals surface area contributed by atoms with E-state index in [-0.39, 0.29) is 11.5 Å². The molecule has 1 amide bonds. The molecule has 3 aromatic rings. The Bertz CT molecular complexity index is 1200. The Hall–Kier alpha value is -4.17. The zero-order valence-electron chi connectivity index (χ0n) is 18.0. The van der Waals surface area contributed by atoms with Crippen molar-refractivity contribution < 1.29 is 34.1 Å². The number of hydrogen-bond acceptors (Lipinski definition) is 6. The second-order valence-electron chi connectivity index (χ2n) is 7.20. The molecule has 0 aromatic heterocycles. The van der Waals surface area contributed by atoms with Crippen molar-refractivity contribution in [3.63, 3.8) is 0 Å². The van der Waals surface area contributed by atoms with Gasteiger partial charge in [-0.3, -0.25) is 10.1 Å². The Labute approximate surface area is 190 Å². The summed E-state index contributed by atoms with van der Waals surface area (Å²) in [5.41, 5.74) is 1.43. The minimum absolute atomic E-state index is 0.0538. The maximum Gasteiger partial charge on any atom is 0.412 e. The number of ketones is 1. The highest BCUT2D eigenvalue weighted by atomic mass is 16.6. The van der Waals surface area contributed by atoms with Crippen molar-refractivity contribution in [2.24, 2.45) is 0 Å². The van der Waals surface area contributed by atoms with Crippen LogP contribution in [0.4, 0.5) is 10.5 Å². The van der Waals surface area contributed by atoms with E-state index in [0.29, 0.717) is 27.6 Å². The van der Waals surface area contributed by atoms with Crippen LogP contribution in [-0.2, 0) is 14.3 Å². The van der Waals surface area contributed by atoms with Crippen LogP contribution in [0.3, 0.4) is 0 Å². The molecule has 3 N–H and O–H groups in total. The van der Waals surface area contributed by atoms with Crippen molar-refractivity contribution in [1.29, 1.82) is 0 Å². The molecule has 0 unspecified atom stereocenters. The first kappa shape index (κ1) is 23.5. The average Bonchev–Trinajstić information content (AvgIpc) is 2.79.